The third kappa shape index (κ3) is 3.68. The van der Waals surface area contributed by atoms with Gasteiger partial charge in [0.25, 0.3) is 0 Å². The Morgan fingerprint density at radius 1 is 0.846 bits per heavy atom. The SMILES string of the molecule is Cc1ccc(Cn2cc(SCc3ccc(F)cc3)c3ccccc32)cc1. The Kier molecular flexibility index (Phi) is 4.81. The first-order chi connectivity index (χ1) is 12.7. The van der Waals surface area contributed by atoms with Gasteiger partial charge in [-0.15, -0.1) is 11.8 Å². The number of para-hydroxylation sites is 1. The van der Waals surface area contributed by atoms with Crippen LogP contribution < -0.4 is 0 Å². The summed E-state index contributed by atoms with van der Waals surface area (Å²) in [6.45, 7) is 2.97. The van der Waals surface area contributed by atoms with Crippen molar-refractivity contribution in [3.05, 3.63) is 102 Å². The van der Waals surface area contributed by atoms with Crippen LogP contribution in [0.2, 0.25) is 0 Å². The van der Waals surface area contributed by atoms with Gasteiger partial charge < -0.3 is 4.57 Å². The summed E-state index contributed by atoms with van der Waals surface area (Å²) >= 11 is 1.80. The summed E-state index contributed by atoms with van der Waals surface area (Å²) in [5.41, 5.74) is 4.95. The van der Waals surface area contributed by atoms with E-state index in [4.69, 9.17) is 0 Å². The zero-order valence-electron chi connectivity index (χ0n) is 14.7. The van der Waals surface area contributed by atoms with Gasteiger partial charge in [-0.25, -0.2) is 4.39 Å². The van der Waals surface area contributed by atoms with Crippen molar-refractivity contribution in [2.75, 3.05) is 0 Å². The quantitative estimate of drug-likeness (QED) is 0.371. The highest BCUT2D eigenvalue weighted by Crippen LogP contribution is 2.32. The van der Waals surface area contributed by atoms with Crippen molar-refractivity contribution >= 4 is 22.7 Å². The molecule has 26 heavy (non-hydrogen) atoms. The molecule has 0 fully saturated rings. The van der Waals surface area contributed by atoms with Gasteiger partial charge in [-0.05, 0) is 36.2 Å². The van der Waals surface area contributed by atoms with E-state index in [0.29, 0.717) is 0 Å². The van der Waals surface area contributed by atoms with Crippen molar-refractivity contribution in [2.45, 2.75) is 24.1 Å². The van der Waals surface area contributed by atoms with Gasteiger partial charge in [0.05, 0.1) is 0 Å². The van der Waals surface area contributed by atoms with Crippen LogP contribution in [0, 0.1) is 12.7 Å². The van der Waals surface area contributed by atoms with Gasteiger partial charge in [0.15, 0.2) is 0 Å². The molecule has 0 radical (unpaired) electrons. The number of halogens is 1. The molecule has 0 unspecified atom stereocenters. The minimum Gasteiger partial charge on any atom is -0.342 e. The Morgan fingerprint density at radius 3 is 2.31 bits per heavy atom. The third-order valence-electron chi connectivity index (χ3n) is 4.53. The summed E-state index contributed by atoms with van der Waals surface area (Å²) in [4.78, 5) is 1.26. The molecule has 1 aromatic heterocycles. The largest absolute Gasteiger partial charge is 0.342 e. The normalized spacial score (nSPS) is 11.2. The van der Waals surface area contributed by atoms with Crippen molar-refractivity contribution in [3.8, 4) is 0 Å². The zero-order valence-corrected chi connectivity index (χ0v) is 15.5. The Balaban J connectivity index is 1.60. The second-order valence-corrected chi connectivity index (χ2v) is 7.56. The van der Waals surface area contributed by atoms with E-state index in [1.165, 1.54) is 39.1 Å². The minimum atomic E-state index is -0.187. The molecule has 4 aromatic rings. The molecule has 0 N–H and O–H groups in total. The van der Waals surface area contributed by atoms with Crippen molar-refractivity contribution in [3.63, 3.8) is 0 Å². The first-order valence-corrected chi connectivity index (χ1v) is 9.68. The van der Waals surface area contributed by atoms with Crippen molar-refractivity contribution in [1.29, 1.82) is 0 Å². The molecule has 0 bridgehead atoms. The summed E-state index contributed by atoms with van der Waals surface area (Å²) in [5.74, 6) is 0.646. The number of thioether (sulfide) groups is 1. The Labute approximate surface area is 157 Å². The Hall–Kier alpha value is -2.52. The van der Waals surface area contributed by atoms with Crippen LogP contribution in [-0.4, -0.2) is 4.57 Å². The average molecular weight is 361 g/mol. The first kappa shape index (κ1) is 16.9. The van der Waals surface area contributed by atoms with Crippen LogP contribution in [0.4, 0.5) is 4.39 Å². The smallest absolute Gasteiger partial charge is 0.123 e. The average Bonchev–Trinajstić information content (AvgIpc) is 3.01. The maximum Gasteiger partial charge on any atom is 0.123 e. The molecular formula is C23H20FNS. The number of fused-ring (bicyclic) bond motifs is 1. The number of benzene rings is 3. The van der Waals surface area contributed by atoms with Crippen LogP contribution in [0.1, 0.15) is 16.7 Å². The summed E-state index contributed by atoms with van der Waals surface area (Å²) in [6, 6.07) is 24.0. The Morgan fingerprint density at radius 2 is 1.54 bits per heavy atom. The molecule has 0 atom stereocenters. The second-order valence-electron chi connectivity index (χ2n) is 6.54. The fourth-order valence-electron chi connectivity index (χ4n) is 3.09. The standard InChI is InChI=1S/C23H20FNS/c1-17-6-8-18(9-7-17)14-25-15-23(21-4-2-3-5-22(21)25)26-16-19-10-12-20(24)13-11-19/h2-13,15H,14,16H2,1H3. The number of hydrogen-bond donors (Lipinski definition) is 0. The molecule has 130 valence electrons. The van der Waals surface area contributed by atoms with E-state index in [0.717, 1.165) is 17.9 Å². The van der Waals surface area contributed by atoms with E-state index in [1.54, 1.807) is 11.8 Å². The number of aromatic nitrogens is 1. The molecule has 1 heterocycles. The monoisotopic (exact) mass is 361 g/mol. The summed E-state index contributed by atoms with van der Waals surface area (Å²) < 4.78 is 15.4. The molecule has 3 aromatic carbocycles. The molecule has 4 rings (SSSR count). The highest BCUT2D eigenvalue weighted by molar-refractivity contribution is 7.98. The predicted octanol–water partition coefficient (Wildman–Crippen LogP) is 6.43. The lowest BCUT2D eigenvalue weighted by atomic mass is 10.1. The zero-order chi connectivity index (χ0) is 17.9. The predicted molar refractivity (Wildman–Crippen MR) is 108 cm³/mol. The van der Waals surface area contributed by atoms with Gasteiger partial charge in [-0.3, -0.25) is 0 Å². The number of hydrogen-bond acceptors (Lipinski definition) is 1. The molecular weight excluding hydrogens is 341 g/mol. The summed E-state index contributed by atoms with van der Waals surface area (Å²) in [6.07, 6.45) is 2.23. The molecule has 0 spiro atoms. The van der Waals surface area contributed by atoms with Crippen LogP contribution in [0.25, 0.3) is 10.9 Å². The molecule has 0 aliphatic heterocycles. The maximum atomic E-state index is 13.1. The fraction of sp³-hybridized carbons (Fsp3) is 0.130. The number of nitrogens with zero attached hydrogens (tertiary/aromatic N) is 1. The fourth-order valence-corrected chi connectivity index (χ4v) is 4.14. The summed E-state index contributed by atoms with van der Waals surface area (Å²) in [5, 5.41) is 1.27. The minimum absolute atomic E-state index is 0.187. The van der Waals surface area contributed by atoms with Gasteiger partial charge in [0.1, 0.15) is 5.82 Å². The highest BCUT2D eigenvalue weighted by atomic mass is 32.2. The number of aryl methyl sites for hydroxylation is 1. The van der Waals surface area contributed by atoms with E-state index in [2.05, 4.69) is 66.2 Å². The van der Waals surface area contributed by atoms with Gasteiger partial charge >= 0.3 is 0 Å². The van der Waals surface area contributed by atoms with Gasteiger partial charge in [-0.2, -0.15) is 0 Å². The molecule has 0 amide bonds. The van der Waals surface area contributed by atoms with Gasteiger partial charge in [0, 0.05) is 34.3 Å². The topological polar surface area (TPSA) is 4.93 Å². The van der Waals surface area contributed by atoms with Crippen molar-refractivity contribution in [2.24, 2.45) is 0 Å². The molecule has 1 nitrogen and oxygen atoms in total. The molecule has 0 aliphatic rings. The van der Waals surface area contributed by atoms with Gasteiger partial charge in [0.2, 0.25) is 0 Å². The van der Waals surface area contributed by atoms with Crippen LogP contribution >= 0.6 is 11.8 Å². The second kappa shape index (κ2) is 7.38. The van der Waals surface area contributed by atoms with Crippen molar-refractivity contribution < 1.29 is 4.39 Å². The third-order valence-corrected chi connectivity index (χ3v) is 5.65. The first-order valence-electron chi connectivity index (χ1n) is 8.70. The summed E-state index contributed by atoms with van der Waals surface area (Å²) in [7, 11) is 0. The van der Waals surface area contributed by atoms with Crippen LogP contribution in [0.3, 0.4) is 0 Å². The van der Waals surface area contributed by atoms with Crippen molar-refractivity contribution in [1.82, 2.24) is 4.57 Å². The van der Waals surface area contributed by atoms with Gasteiger partial charge in [-0.1, -0.05) is 60.2 Å². The van der Waals surface area contributed by atoms with Crippen LogP contribution in [0.5, 0.6) is 0 Å². The van der Waals surface area contributed by atoms with E-state index in [9.17, 15) is 4.39 Å². The van der Waals surface area contributed by atoms with Crippen LogP contribution in [-0.2, 0) is 12.3 Å². The van der Waals surface area contributed by atoms with E-state index >= 15 is 0 Å². The van der Waals surface area contributed by atoms with E-state index in [1.807, 2.05) is 12.1 Å². The van der Waals surface area contributed by atoms with Crippen LogP contribution in [0.15, 0.2) is 83.9 Å². The molecule has 0 aliphatic carbocycles. The maximum absolute atomic E-state index is 13.1. The lowest BCUT2D eigenvalue weighted by Gasteiger charge is -2.06. The molecule has 0 saturated heterocycles. The lowest BCUT2D eigenvalue weighted by molar-refractivity contribution is 0.627. The molecule has 0 saturated carbocycles. The Bertz CT molecular complexity index is 1020. The highest BCUT2D eigenvalue weighted by Gasteiger charge is 2.09. The lowest BCUT2D eigenvalue weighted by Crippen LogP contribution is -1.97. The van der Waals surface area contributed by atoms with E-state index < -0.39 is 0 Å². The number of rotatable bonds is 5. The van der Waals surface area contributed by atoms with E-state index in [-0.39, 0.29) is 5.82 Å². The molecule has 3 heteroatoms.